The molecule has 0 aromatic heterocycles. The number of carbonyl (C=O) groups is 1. The molecule has 0 radical (unpaired) electrons. The number of hydrogen-bond donors (Lipinski definition) is 2. The van der Waals surface area contributed by atoms with Crippen LogP contribution < -0.4 is 11.1 Å². The van der Waals surface area contributed by atoms with Crippen molar-refractivity contribution in [3.05, 3.63) is 29.8 Å². The lowest BCUT2D eigenvalue weighted by molar-refractivity contribution is -0.118. The van der Waals surface area contributed by atoms with Crippen molar-refractivity contribution in [3.8, 4) is 0 Å². The molecular formula is C13H18N2O2. The highest BCUT2D eigenvalue weighted by atomic mass is 16.5. The summed E-state index contributed by atoms with van der Waals surface area (Å²) in [5.74, 6) is -0.0916. The van der Waals surface area contributed by atoms with Crippen LogP contribution in [0.15, 0.2) is 24.3 Å². The number of nitrogens with two attached hydrogens (primary N) is 1. The minimum Gasteiger partial charge on any atom is -0.377 e. The van der Waals surface area contributed by atoms with Crippen molar-refractivity contribution < 1.29 is 9.53 Å². The van der Waals surface area contributed by atoms with Crippen LogP contribution in [0.2, 0.25) is 0 Å². The van der Waals surface area contributed by atoms with E-state index in [2.05, 4.69) is 5.32 Å². The molecule has 0 aliphatic heterocycles. The quantitative estimate of drug-likeness (QED) is 0.814. The highest BCUT2D eigenvalue weighted by Crippen LogP contribution is 2.33. The third kappa shape index (κ3) is 3.05. The Morgan fingerprint density at radius 3 is 2.94 bits per heavy atom. The van der Waals surface area contributed by atoms with Crippen LogP contribution in [0.4, 0.5) is 5.69 Å². The number of hydrogen-bond acceptors (Lipinski definition) is 3. The summed E-state index contributed by atoms with van der Waals surface area (Å²) in [4.78, 5) is 11.8. The van der Waals surface area contributed by atoms with Crippen molar-refractivity contribution in [2.24, 2.45) is 5.73 Å². The average Bonchev–Trinajstić information content (AvgIpc) is 3.07. The molecule has 3 N–H and O–H groups in total. The van der Waals surface area contributed by atoms with E-state index in [-0.39, 0.29) is 5.91 Å². The molecule has 1 aromatic rings. The van der Waals surface area contributed by atoms with Crippen LogP contribution in [0.1, 0.15) is 25.3 Å². The first-order valence-corrected chi connectivity index (χ1v) is 5.91. The van der Waals surface area contributed by atoms with Gasteiger partial charge in [-0.25, -0.2) is 0 Å². The van der Waals surface area contributed by atoms with Gasteiger partial charge in [-0.05, 0) is 37.5 Å². The Balaban J connectivity index is 1.98. The third-order valence-corrected chi connectivity index (χ3v) is 2.90. The van der Waals surface area contributed by atoms with Gasteiger partial charge in [-0.2, -0.15) is 0 Å². The molecule has 1 aliphatic carbocycles. The van der Waals surface area contributed by atoms with E-state index in [0.717, 1.165) is 24.1 Å². The first-order chi connectivity index (χ1) is 8.14. The second kappa shape index (κ2) is 4.85. The molecule has 1 aromatic carbocycles. The lowest BCUT2D eigenvalue weighted by Crippen LogP contribution is -2.37. The van der Waals surface area contributed by atoms with Gasteiger partial charge < -0.3 is 15.8 Å². The zero-order valence-corrected chi connectivity index (χ0v) is 10.0. The maximum atomic E-state index is 11.8. The third-order valence-electron chi connectivity index (χ3n) is 2.90. The van der Waals surface area contributed by atoms with Crippen molar-refractivity contribution in [1.82, 2.24) is 0 Å². The zero-order valence-electron chi connectivity index (χ0n) is 10.0. The first-order valence-electron chi connectivity index (χ1n) is 5.91. The Kier molecular flexibility index (Phi) is 3.45. The number of amides is 1. The van der Waals surface area contributed by atoms with Crippen LogP contribution in [0.25, 0.3) is 0 Å². The van der Waals surface area contributed by atoms with Crippen molar-refractivity contribution in [2.45, 2.75) is 31.9 Å². The Labute approximate surface area is 101 Å². The van der Waals surface area contributed by atoms with Gasteiger partial charge in [-0.1, -0.05) is 12.1 Å². The Morgan fingerprint density at radius 1 is 1.53 bits per heavy atom. The fourth-order valence-corrected chi connectivity index (χ4v) is 1.58. The van der Waals surface area contributed by atoms with E-state index in [1.165, 1.54) is 0 Å². The number of benzene rings is 1. The molecule has 0 saturated heterocycles. The van der Waals surface area contributed by atoms with Gasteiger partial charge in [0.05, 0.1) is 12.1 Å². The van der Waals surface area contributed by atoms with Crippen LogP contribution >= 0.6 is 0 Å². The molecular weight excluding hydrogens is 216 g/mol. The van der Waals surface area contributed by atoms with E-state index in [0.29, 0.717) is 13.2 Å². The normalized spacial score (nSPS) is 16.6. The molecule has 0 spiro atoms. The SMILES string of the molecule is CCOCc1cccc(NC(=O)C2(N)CC2)c1. The summed E-state index contributed by atoms with van der Waals surface area (Å²) in [5, 5.41) is 2.84. The Morgan fingerprint density at radius 2 is 2.29 bits per heavy atom. The summed E-state index contributed by atoms with van der Waals surface area (Å²) in [6.07, 6.45) is 1.55. The maximum absolute atomic E-state index is 11.8. The second-order valence-electron chi connectivity index (χ2n) is 4.45. The number of carbonyl (C=O) groups excluding carboxylic acids is 1. The summed E-state index contributed by atoms with van der Waals surface area (Å²) in [7, 11) is 0. The molecule has 92 valence electrons. The largest absolute Gasteiger partial charge is 0.377 e. The highest BCUT2D eigenvalue weighted by Gasteiger charge is 2.45. The van der Waals surface area contributed by atoms with Crippen LogP contribution in [-0.4, -0.2) is 18.1 Å². The van der Waals surface area contributed by atoms with Gasteiger partial charge in [0.2, 0.25) is 5.91 Å². The molecule has 1 saturated carbocycles. The number of anilines is 1. The molecule has 0 bridgehead atoms. The number of ether oxygens (including phenoxy) is 1. The molecule has 2 rings (SSSR count). The standard InChI is InChI=1S/C13H18N2O2/c1-2-17-9-10-4-3-5-11(8-10)15-12(16)13(14)6-7-13/h3-5,8H,2,6-7,9,14H2,1H3,(H,15,16). The van der Waals surface area contributed by atoms with E-state index in [4.69, 9.17) is 10.5 Å². The van der Waals surface area contributed by atoms with Crippen molar-refractivity contribution in [1.29, 1.82) is 0 Å². The molecule has 0 heterocycles. The minimum absolute atomic E-state index is 0.0916. The van der Waals surface area contributed by atoms with Gasteiger partial charge in [0.25, 0.3) is 0 Å². The van der Waals surface area contributed by atoms with E-state index < -0.39 is 5.54 Å². The van der Waals surface area contributed by atoms with Gasteiger partial charge in [0.15, 0.2) is 0 Å². The monoisotopic (exact) mass is 234 g/mol. The van der Waals surface area contributed by atoms with Crippen LogP contribution in [-0.2, 0) is 16.1 Å². The van der Waals surface area contributed by atoms with Gasteiger partial charge >= 0.3 is 0 Å². The molecule has 1 aliphatic rings. The zero-order chi connectivity index (χ0) is 12.3. The van der Waals surface area contributed by atoms with Gasteiger partial charge in [-0.3, -0.25) is 4.79 Å². The summed E-state index contributed by atoms with van der Waals surface area (Å²) >= 11 is 0. The topological polar surface area (TPSA) is 64.3 Å². The van der Waals surface area contributed by atoms with Crippen molar-refractivity contribution in [2.75, 3.05) is 11.9 Å². The smallest absolute Gasteiger partial charge is 0.244 e. The summed E-state index contributed by atoms with van der Waals surface area (Å²) in [6, 6.07) is 7.65. The van der Waals surface area contributed by atoms with Gasteiger partial charge in [0, 0.05) is 12.3 Å². The van der Waals surface area contributed by atoms with Crippen molar-refractivity contribution in [3.63, 3.8) is 0 Å². The van der Waals surface area contributed by atoms with Crippen LogP contribution in [0.5, 0.6) is 0 Å². The van der Waals surface area contributed by atoms with Gasteiger partial charge in [0.1, 0.15) is 0 Å². The predicted octanol–water partition coefficient (Wildman–Crippen LogP) is 1.65. The van der Waals surface area contributed by atoms with Crippen molar-refractivity contribution >= 4 is 11.6 Å². The van der Waals surface area contributed by atoms with Gasteiger partial charge in [-0.15, -0.1) is 0 Å². The number of nitrogens with one attached hydrogen (secondary N) is 1. The van der Waals surface area contributed by atoms with E-state index >= 15 is 0 Å². The molecule has 1 amide bonds. The molecule has 17 heavy (non-hydrogen) atoms. The minimum atomic E-state index is -0.629. The van der Waals surface area contributed by atoms with E-state index in [9.17, 15) is 4.79 Å². The Bertz CT molecular complexity index is 414. The maximum Gasteiger partial charge on any atom is 0.244 e. The van der Waals surface area contributed by atoms with Crippen LogP contribution in [0.3, 0.4) is 0 Å². The molecule has 0 atom stereocenters. The molecule has 4 heteroatoms. The predicted molar refractivity (Wildman–Crippen MR) is 66.6 cm³/mol. The lowest BCUT2D eigenvalue weighted by atomic mass is 10.2. The Hall–Kier alpha value is -1.39. The first kappa shape index (κ1) is 12.1. The van der Waals surface area contributed by atoms with Crippen LogP contribution in [0, 0.1) is 0 Å². The number of rotatable bonds is 5. The molecule has 0 unspecified atom stereocenters. The highest BCUT2D eigenvalue weighted by molar-refractivity contribution is 6.00. The molecule has 1 fully saturated rings. The lowest BCUT2D eigenvalue weighted by Gasteiger charge is -2.11. The molecule has 4 nitrogen and oxygen atoms in total. The summed E-state index contributed by atoms with van der Waals surface area (Å²) < 4.78 is 5.32. The van der Waals surface area contributed by atoms with E-state index in [1.54, 1.807) is 0 Å². The summed E-state index contributed by atoms with van der Waals surface area (Å²) in [6.45, 7) is 3.20. The van der Waals surface area contributed by atoms with E-state index in [1.807, 2.05) is 31.2 Å². The second-order valence-corrected chi connectivity index (χ2v) is 4.45. The fourth-order valence-electron chi connectivity index (χ4n) is 1.58. The summed E-state index contributed by atoms with van der Waals surface area (Å²) in [5.41, 5.74) is 7.02. The average molecular weight is 234 g/mol. The fraction of sp³-hybridized carbons (Fsp3) is 0.462.